The summed E-state index contributed by atoms with van der Waals surface area (Å²) in [5.74, 6) is -0.0220. The number of carbonyl (C=O) groups excluding carboxylic acids is 1. The quantitative estimate of drug-likeness (QED) is 0.599. The lowest BCUT2D eigenvalue weighted by atomic mass is 10.1. The van der Waals surface area contributed by atoms with Crippen molar-refractivity contribution in [1.29, 1.82) is 0 Å². The van der Waals surface area contributed by atoms with Crippen molar-refractivity contribution < 1.29 is 9.45 Å². The molecule has 2 N–H and O–H groups in total. The van der Waals surface area contributed by atoms with Crippen LogP contribution >= 0.6 is 0 Å². The first-order chi connectivity index (χ1) is 8.95. The summed E-state index contributed by atoms with van der Waals surface area (Å²) < 4.78 is 6.24. The lowest BCUT2D eigenvalue weighted by molar-refractivity contribution is -0.118. The molecule has 0 aromatic carbocycles. The maximum atomic E-state index is 11.6. The largest absolute Gasteiger partial charge is 0.427 e. The van der Waals surface area contributed by atoms with Crippen molar-refractivity contribution in [2.24, 2.45) is 0 Å². The van der Waals surface area contributed by atoms with Crippen LogP contribution in [0.25, 0.3) is 0 Å². The maximum Gasteiger partial charge on any atom is 0.361 e. The second kappa shape index (κ2) is 7.05. The zero-order chi connectivity index (χ0) is 14.4. The van der Waals surface area contributed by atoms with E-state index in [0.717, 1.165) is 0 Å². The number of aromatic amines is 1. The van der Waals surface area contributed by atoms with Crippen molar-refractivity contribution in [3.05, 3.63) is 32.6 Å². The highest BCUT2D eigenvalue weighted by molar-refractivity contribution is 6.24. The van der Waals surface area contributed by atoms with E-state index >= 15 is 0 Å². The Kier molecular flexibility index (Phi) is 5.72. The van der Waals surface area contributed by atoms with E-state index in [1.165, 1.54) is 24.8 Å². The zero-order valence-corrected chi connectivity index (χ0v) is 11.4. The molecule has 0 aliphatic heterocycles. The minimum atomic E-state index is -0.468. The van der Waals surface area contributed by atoms with Crippen LogP contribution in [0.1, 0.15) is 18.9 Å². The van der Waals surface area contributed by atoms with E-state index in [4.69, 9.17) is 4.65 Å². The third kappa shape index (κ3) is 4.49. The third-order valence-electron chi connectivity index (χ3n) is 2.81. The van der Waals surface area contributed by atoms with Crippen LogP contribution in [0.5, 0.6) is 0 Å². The summed E-state index contributed by atoms with van der Waals surface area (Å²) in [7, 11) is 1.80. The zero-order valence-electron chi connectivity index (χ0n) is 11.4. The Morgan fingerprint density at radius 2 is 2.26 bits per heavy atom. The Bertz CT molecular complexity index is 552. The predicted molar refractivity (Wildman–Crippen MR) is 72.4 cm³/mol. The molecule has 1 rings (SSSR count). The molecular weight excluding hydrogens is 249 g/mol. The summed E-state index contributed by atoms with van der Waals surface area (Å²) in [6.45, 7) is 3.45. The van der Waals surface area contributed by atoms with Gasteiger partial charge in [0.15, 0.2) is 0 Å². The van der Waals surface area contributed by atoms with Crippen LogP contribution in [0, 0.1) is 6.92 Å². The van der Waals surface area contributed by atoms with E-state index in [2.05, 4.69) is 10.2 Å². The fourth-order valence-corrected chi connectivity index (χ4v) is 1.69. The van der Waals surface area contributed by atoms with Gasteiger partial charge in [0, 0.05) is 25.4 Å². The number of aryl methyl sites for hydroxylation is 2. The average molecular weight is 267 g/mol. The van der Waals surface area contributed by atoms with E-state index in [0.29, 0.717) is 18.5 Å². The summed E-state index contributed by atoms with van der Waals surface area (Å²) in [4.78, 5) is 36.4. The lowest BCUT2D eigenvalue weighted by Gasteiger charge is -2.15. The second-order valence-electron chi connectivity index (χ2n) is 4.35. The first-order valence-electron chi connectivity index (χ1n) is 5.99. The highest BCUT2D eigenvalue weighted by Gasteiger charge is 2.14. The Labute approximate surface area is 111 Å². The molecule has 0 amide bonds. The summed E-state index contributed by atoms with van der Waals surface area (Å²) >= 11 is 0. The van der Waals surface area contributed by atoms with Gasteiger partial charge in [-0.05, 0) is 20.3 Å². The predicted octanol–water partition coefficient (Wildman–Crippen LogP) is -1.30. The minimum Gasteiger partial charge on any atom is -0.427 e. The molecule has 8 heteroatoms. The van der Waals surface area contributed by atoms with Gasteiger partial charge >= 0.3 is 13.3 Å². The van der Waals surface area contributed by atoms with Gasteiger partial charge in [-0.25, -0.2) is 4.79 Å². The first kappa shape index (κ1) is 15.4. The van der Waals surface area contributed by atoms with Gasteiger partial charge in [-0.3, -0.25) is 14.6 Å². The molecule has 1 heterocycles. The maximum absolute atomic E-state index is 11.6. The molecule has 0 fully saturated rings. The number of nitrogens with one attached hydrogen (secondary N) is 2. The lowest BCUT2D eigenvalue weighted by Crippen LogP contribution is -2.40. The van der Waals surface area contributed by atoms with E-state index in [-0.39, 0.29) is 25.0 Å². The Hall–Kier alpha value is -1.67. The Balaban J connectivity index is 2.74. The molecule has 1 aromatic heterocycles. The van der Waals surface area contributed by atoms with Gasteiger partial charge in [0.05, 0.1) is 6.04 Å². The topological polar surface area (TPSA) is 93.2 Å². The van der Waals surface area contributed by atoms with Crippen LogP contribution in [-0.4, -0.2) is 36.1 Å². The van der Waals surface area contributed by atoms with Crippen LogP contribution in [-0.2, 0) is 16.0 Å². The summed E-state index contributed by atoms with van der Waals surface area (Å²) in [5.41, 5.74) is -0.393. The van der Waals surface area contributed by atoms with Crippen LogP contribution in [0.4, 0.5) is 0 Å². The molecule has 19 heavy (non-hydrogen) atoms. The second-order valence-corrected chi connectivity index (χ2v) is 4.35. The Morgan fingerprint density at radius 3 is 2.84 bits per heavy atom. The molecule has 7 nitrogen and oxygen atoms in total. The molecule has 0 saturated heterocycles. The van der Waals surface area contributed by atoms with E-state index in [9.17, 15) is 14.4 Å². The van der Waals surface area contributed by atoms with Gasteiger partial charge in [-0.15, -0.1) is 0 Å². The molecule has 0 bridgehead atoms. The standard InChI is InChI=1S/C11H18BN3O4/c1-7-6-15(11(18)13-10(7)17)5-4-9(8(2)16)14-12-19-3/h6,9,12,14H,4-5H2,1-3H3,(H,13,17,18). The van der Waals surface area contributed by atoms with Crippen LogP contribution in [0.15, 0.2) is 15.8 Å². The van der Waals surface area contributed by atoms with Crippen LogP contribution < -0.4 is 16.5 Å². The number of hydrogen-bond donors (Lipinski definition) is 2. The summed E-state index contributed by atoms with van der Waals surface area (Å²) in [5, 5.41) is 2.93. The van der Waals surface area contributed by atoms with Crippen molar-refractivity contribution in [2.45, 2.75) is 32.9 Å². The Morgan fingerprint density at radius 1 is 1.58 bits per heavy atom. The van der Waals surface area contributed by atoms with Crippen molar-refractivity contribution >= 4 is 13.4 Å². The number of hydrogen-bond acceptors (Lipinski definition) is 5. The van der Waals surface area contributed by atoms with Crippen molar-refractivity contribution in [3.63, 3.8) is 0 Å². The molecule has 104 valence electrons. The number of aromatic nitrogens is 2. The highest BCUT2D eigenvalue weighted by atomic mass is 16.4. The van der Waals surface area contributed by atoms with Gasteiger partial charge < -0.3 is 14.4 Å². The molecule has 1 aromatic rings. The van der Waals surface area contributed by atoms with Gasteiger partial charge in [-0.1, -0.05) is 0 Å². The number of Topliss-reactive ketones (excluding diaryl/α,β-unsaturated/α-hetero) is 1. The molecule has 0 aliphatic rings. The number of H-pyrrole nitrogens is 1. The minimum absolute atomic E-state index is 0.0220. The first-order valence-corrected chi connectivity index (χ1v) is 5.99. The van der Waals surface area contributed by atoms with E-state index in [1.54, 1.807) is 6.92 Å². The summed E-state index contributed by atoms with van der Waals surface area (Å²) in [6.07, 6.45) is 1.94. The fourth-order valence-electron chi connectivity index (χ4n) is 1.69. The molecule has 0 saturated carbocycles. The number of ketones is 1. The molecule has 1 unspecified atom stereocenters. The van der Waals surface area contributed by atoms with Gasteiger partial charge in [0.1, 0.15) is 5.78 Å². The molecule has 0 radical (unpaired) electrons. The van der Waals surface area contributed by atoms with E-state index in [1.807, 2.05) is 0 Å². The molecule has 0 spiro atoms. The van der Waals surface area contributed by atoms with Gasteiger partial charge in [0.25, 0.3) is 5.56 Å². The molecule has 1 atom stereocenters. The fraction of sp³-hybridized carbons (Fsp3) is 0.545. The smallest absolute Gasteiger partial charge is 0.361 e. The van der Waals surface area contributed by atoms with Crippen molar-refractivity contribution in [1.82, 2.24) is 14.8 Å². The number of rotatable bonds is 7. The highest BCUT2D eigenvalue weighted by Crippen LogP contribution is 1.97. The molecular formula is C11H18BN3O4. The summed E-state index contributed by atoms with van der Waals surface area (Å²) in [6, 6.07) is -0.376. The van der Waals surface area contributed by atoms with Crippen molar-refractivity contribution in [2.75, 3.05) is 7.11 Å². The normalized spacial score (nSPS) is 12.2. The van der Waals surface area contributed by atoms with E-state index < -0.39 is 5.69 Å². The number of carbonyl (C=O) groups is 1. The molecule has 0 aliphatic carbocycles. The SMILES string of the molecule is COBNC(CCn1cc(C)c(=O)[nH]c1=O)C(C)=O. The van der Waals surface area contributed by atoms with Gasteiger partial charge in [0.2, 0.25) is 0 Å². The third-order valence-corrected chi connectivity index (χ3v) is 2.81. The van der Waals surface area contributed by atoms with Crippen LogP contribution in [0.2, 0.25) is 0 Å². The number of nitrogens with zero attached hydrogens (tertiary/aromatic N) is 1. The van der Waals surface area contributed by atoms with Crippen molar-refractivity contribution in [3.8, 4) is 0 Å². The monoisotopic (exact) mass is 267 g/mol. The van der Waals surface area contributed by atoms with Gasteiger partial charge in [-0.2, -0.15) is 0 Å². The van der Waals surface area contributed by atoms with Crippen LogP contribution in [0.3, 0.4) is 0 Å². The average Bonchev–Trinajstić information content (AvgIpc) is 2.34.